The molecule has 1 nitrogen and oxygen atoms in total. The standard InChI is InChI=1S/C46H30O/c1-4-16-31(17-5-1)34-28-29-41-42(30-34)47-46(40-27-15-10-22-35(40)32-18-6-2-7-19-32)45(41)44-38-25-13-11-23-36(38)43(33-20-8-3-9-21-33)37-24-12-14-26-39(37)44/h1-30H/i1D,3D,4D,5D,8D,9D,10D,11D,12D,13D,14D,15D,16D,17D,20D,21D,22D,23D,24D,25D,26D,27D,28D,29D,30D. The Morgan fingerprint density at radius 3 is 1.53 bits per heavy atom. The second kappa shape index (κ2) is 11.3. The molecule has 220 valence electrons. The predicted octanol–water partition coefficient (Wildman–Crippen LogP) is 13.1. The Kier molecular flexibility index (Phi) is 2.86. The van der Waals surface area contributed by atoms with Crippen molar-refractivity contribution in [2.75, 3.05) is 0 Å². The van der Waals surface area contributed by atoms with Crippen LogP contribution in [0, 0.1) is 0 Å². The van der Waals surface area contributed by atoms with E-state index >= 15 is 0 Å². The van der Waals surface area contributed by atoms with Crippen molar-refractivity contribution in [1.82, 2.24) is 0 Å². The lowest BCUT2D eigenvalue weighted by Crippen LogP contribution is -1.92. The highest BCUT2D eigenvalue weighted by Crippen LogP contribution is 2.51. The molecule has 0 aliphatic rings. The maximum absolute atomic E-state index is 9.74. The van der Waals surface area contributed by atoms with Crippen LogP contribution in [0.15, 0.2) is 186 Å². The highest BCUT2D eigenvalue weighted by atomic mass is 16.3. The molecule has 0 unspecified atom stereocenters. The molecule has 0 N–H and O–H groups in total. The summed E-state index contributed by atoms with van der Waals surface area (Å²) in [5, 5.41) is -3.42. The van der Waals surface area contributed by atoms with Crippen molar-refractivity contribution < 1.29 is 38.7 Å². The molecule has 0 atom stereocenters. The minimum absolute atomic E-state index is 0.124. The van der Waals surface area contributed by atoms with E-state index in [1.54, 1.807) is 6.07 Å². The molecule has 0 spiro atoms. The molecular weight excluding hydrogens is 569 g/mol. The van der Waals surface area contributed by atoms with Crippen LogP contribution in [0.2, 0.25) is 0 Å². The minimum atomic E-state index is -0.981. The first-order valence-electron chi connectivity index (χ1n) is 26.6. The van der Waals surface area contributed by atoms with Gasteiger partial charge in [0.15, 0.2) is 0 Å². The van der Waals surface area contributed by atoms with Crippen molar-refractivity contribution in [3.8, 4) is 55.8 Å². The second-order valence-corrected chi connectivity index (χ2v) is 10.1. The Balaban J connectivity index is 1.69. The molecule has 9 rings (SSSR count). The summed E-state index contributed by atoms with van der Waals surface area (Å²) < 4.78 is 232. The second-order valence-electron chi connectivity index (χ2n) is 10.1. The topological polar surface area (TPSA) is 13.1 Å². The number of fused-ring (bicyclic) bond motifs is 3. The Bertz CT molecular complexity index is 3840. The van der Waals surface area contributed by atoms with Gasteiger partial charge in [0.1, 0.15) is 11.3 Å². The average Bonchev–Trinajstić information content (AvgIpc) is 3.76. The van der Waals surface area contributed by atoms with Crippen LogP contribution in [0.3, 0.4) is 0 Å². The summed E-state index contributed by atoms with van der Waals surface area (Å²) >= 11 is 0. The van der Waals surface area contributed by atoms with E-state index in [9.17, 15) is 12.3 Å². The quantitative estimate of drug-likeness (QED) is 0.174. The maximum atomic E-state index is 9.74. The summed E-state index contributed by atoms with van der Waals surface area (Å²) in [5.74, 6) is -0.728. The van der Waals surface area contributed by atoms with Crippen molar-refractivity contribution in [1.29, 1.82) is 0 Å². The fourth-order valence-corrected chi connectivity index (χ4v) is 5.63. The highest BCUT2D eigenvalue weighted by molar-refractivity contribution is 6.25. The highest BCUT2D eigenvalue weighted by Gasteiger charge is 2.25. The predicted molar refractivity (Wildman–Crippen MR) is 198 cm³/mol. The maximum Gasteiger partial charge on any atom is 0.143 e. The fourth-order valence-electron chi connectivity index (χ4n) is 5.63. The molecular formula is C46H30O. The third-order valence-electron chi connectivity index (χ3n) is 7.56. The van der Waals surface area contributed by atoms with E-state index in [2.05, 4.69) is 0 Å². The third kappa shape index (κ3) is 4.56. The zero-order valence-electron chi connectivity index (χ0n) is 48.8. The number of hydrogen-bond acceptors (Lipinski definition) is 1. The zero-order chi connectivity index (χ0) is 52.9. The number of benzene rings is 8. The molecule has 0 amide bonds. The van der Waals surface area contributed by atoms with Crippen molar-refractivity contribution >= 4 is 32.5 Å². The van der Waals surface area contributed by atoms with Crippen LogP contribution in [0.25, 0.3) is 88.3 Å². The first-order chi connectivity index (χ1) is 33.7. The number of rotatable bonds is 5. The Morgan fingerprint density at radius 1 is 0.362 bits per heavy atom. The van der Waals surface area contributed by atoms with Gasteiger partial charge < -0.3 is 4.42 Å². The van der Waals surface area contributed by atoms with E-state index < -0.39 is 228 Å². The van der Waals surface area contributed by atoms with Crippen molar-refractivity contribution in [3.05, 3.63) is 181 Å². The monoisotopic (exact) mass is 623 g/mol. The summed E-state index contributed by atoms with van der Waals surface area (Å²) in [6, 6.07) is -15.0. The van der Waals surface area contributed by atoms with Crippen LogP contribution in [0.5, 0.6) is 0 Å². The summed E-state index contributed by atoms with van der Waals surface area (Å²) in [5.41, 5.74) is -5.63. The molecule has 0 fully saturated rings. The summed E-state index contributed by atoms with van der Waals surface area (Å²) in [6.07, 6.45) is 0. The Labute approximate surface area is 309 Å². The SMILES string of the molecule is [2H]c1c([2H])c([2H])c(-c2c([2H])c([2H])c3c(-c4c5c([2H])c([2H])c([2H])c([2H])c5c(-c5c([2H])c([2H])c([2H])c([2H])c5[2H])c5c([2H])c([2H])c([2H])c([2H])c45)c(-c4c([2H])c([2H])c([2H])c([2H])c4-c4ccccc4)oc3c2[2H])c([2H])c1[2H]. The van der Waals surface area contributed by atoms with Gasteiger partial charge >= 0.3 is 0 Å². The van der Waals surface area contributed by atoms with Crippen LogP contribution in [-0.4, -0.2) is 0 Å². The van der Waals surface area contributed by atoms with Gasteiger partial charge in [-0.05, 0) is 67.0 Å². The van der Waals surface area contributed by atoms with Crippen LogP contribution in [0.4, 0.5) is 0 Å². The first-order valence-corrected chi connectivity index (χ1v) is 14.1. The lowest BCUT2D eigenvalue weighted by molar-refractivity contribution is 0.633. The van der Waals surface area contributed by atoms with E-state index in [1.165, 1.54) is 24.3 Å². The molecule has 0 radical (unpaired) electrons. The Hall–Kier alpha value is -6.18. The first kappa shape index (κ1) is 11.9. The molecule has 8 aromatic carbocycles. The van der Waals surface area contributed by atoms with E-state index in [1.807, 2.05) is 0 Å². The molecule has 0 aliphatic carbocycles. The molecule has 1 heterocycles. The molecule has 1 heteroatoms. The van der Waals surface area contributed by atoms with Crippen molar-refractivity contribution in [2.45, 2.75) is 0 Å². The van der Waals surface area contributed by atoms with Gasteiger partial charge in [-0.3, -0.25) is 0 Å². The van der Waals surface area contributed by atoms with Gasteiger partial charge in [0.05, 0.1) is 34.3 Å². The van der Waals surface area contributed by atoms with Gasteiger partial charge in [-0.1, -0.05) is 169 Å². The average molecular weight is 624 g/mol. The van der Waals surface area contributed by atoms with Crippen molar-refractivity contribution in [3.63, 3.8) is 0 Å². The molecule has 0 bridgehead atoms. The van der Waals surface area contributed by atoms with E-state index in [4.69, 9.17) is 26.3 Å². The molecule has 0 aliphatic heterocycles. The van der Waals surface area contributed by atoms with Gasteiger partial charge in [-0.2, -0.15) is 0 Å². The molecule has 0 saturated carbocycles. The van der Waals surface area contributed by atoms with Gasteiger partial charge in [0.2, 0.25) is 0 Å². The summed E-state index contributed by atoms with van der Waals surface area (Å²) in [7, 11) is 0. The van der Waals surface area contributed by atoms with Gasteiger partial charge in [0, 0.05) is 22.1 Å². The summed E-state index contributed by atoms with van der Waals surface area (Å²) in [4.78, 5) is 0. The largest absolute Gasteiger partial charge is 0.455 e. The van der Waals surface area contributed by atoms with Gasteiger partial charge in [0.25, 0.3) is 0 Å². The van der Waals surface area contributed by atoms with Crippen LogP contribution < -0.4 is 0 Å². The Morgan fingerprint density at radius 2 is 0.894 bits per heavy atom. The minimum Gasteiger partial charge on any atom is -0.455 e. The lowest BCUT2D eigenvalue weighted by Gasteiger charge is -2.18. The smallest absolute Gasteiger partial charge is 0.143 e. The fraction of sp³-hybridized carbons (Fsp3) is 0. The van der Waals surface area contributed by atoms with Crippen LogP contribution in [-0.2, 0) is 0 Å². The molecule has 1 aromatic heterocycles. The van der Waals surface area contributed by atoms with Crippen molar-refractivity contribution in [2.24, 2.45) is 0 Å². The van der Waals surface area contributed by atoms with Crippen LogP contribution >= 0.6 is 0 Å². The number of hydrogen-bond donors (Lipinski definition) is 0. The lowest BCUT2D eigenvalue weighted by atomic mass is 9.84. The zero-order valence-corrected chi connectivity index (χ0v) is 23.8. The number of furan rings is 1. The molecule has 0 saturated heterocycles. The third-order valence-corrected chi connectivity index (χ3v) is 7.56. The molecule has 47 heavy (non-hydrogen) atoms. The van der Waals surface area contributed by atoms with Gasteiger partial charge in [-0.25, -0.2) is 0 Å². The van der Waals surface area contributed by atoms with Crippen LogP contribution in [0.1, 0.15) is 34.3 Å². The normalized spacial score (nSPS) is 18.9. The molecule has 9 aromatic rings. The van der Waals surface area contributed by atoms with E-state index in [0.717, 1.165) is 0 Å². The van der Waals surface area contributed by atoms with E-state index in [0.29, 0.717) is 0 Å². The van der Waals surface area contributed by atoms with Gasteiger partial charge in [-0.15, -0.1) is 0 Å². The summed E-state index contributed by atoms with van der Waals surface area (Å²) in [6.45, 7) is 0. The van der Waals surface area contributed by atoms with E-state index in [-0.39, 0.29) is 11.1 Å².